The number of fused-ring (bicyclic) bond motifs is 1. The summed E-state index contributed by atoms with van der Waals surface area (Å²) in [5.74, 6) is 0.779. The van der Waals surface area contributed by atoms with Gasteiger partial charge in [0.25, 0.3) is 0 Å². The van der Waals surface area contributed by atoms with Crippen molar-refractivity contribution in [1.29, 1.82) is 0 Å². The quantitative estimate of drug-likeness (QED) is 0.590. The highest BCUT2D eigenvalue weighted by molar-refractivity contribution is 5.67. The SMILES string of the molecule is NC1Cc2cccnc2NC1C=O. The Hall–Kier alpha value is -1.42. The van der Waals surface area contributed by atoms with Gasteiger partial charge in [-0.05, 0) is 18.1 Å². The topological polar surface area (TPSA) is 68.0 Å². The highest BCUT2D eigenvalue weighted by Gasteiger charge is 2.24. The molecule has 1 aromatic rings. The normalized spacial score (nSPS) is 25.9. The summed E-state index contributed by atoms with van der Waals surface area (Å²) in [4.78, 5) is 14.7. The fraction of sp³-hybridized carbons (Fsp3) is 0.333. The third-order valence-corrected chi connectivity index (χ3v) is 2.26. The zero-order valence-electron chi connectivity index (χ0n) is 7.10. The van der Waals surface area contributed by atoms with Gasteiger partial charge in [-0.1, -0.05) is 6.07 Å². The number of pyridine rings is 1. The van der Waals surface area contributed by atoms with E-state index >= 15 is 0 Å². The zero-order valence-corrected chi connectivity index (χ0v) is 7.10. The van der Waals surface area contributed by atoms with Crippen LogP contribution < -0.4 is 11.1 Å². The van der Waals surface area contributed by atoms with Crippen molar-refractivity contribution in [2.45, 2.75) is 18.5 Å². The Morgan fingerprint density at radius 3 is 3.31 bits per heavy atom. The lowest BCUT2D eigenvalue weighted by Gasteiger charge is -2.27. The monoisotopic (exact) mass is 177 g/mol. The molecule has 0 saturated carbocycles. The second-order valence-corrected chi connectivity index (χ2v) is 3.19. The van der Waals surface area contributed by atoms with Gasteiger partial charge in [0.15, 0.2) is 0 Å². The molecule has 1 aromatic heterocycles. The van der Waals surface area contributed by atoms with E-state index in [4.69, 9.17) is 5.73 Å². The molecular formula is C9H11N3O. The fourth-order valence-electron chi connectivity index (χ4n) is 1.51. The zero-order chi connectivity index (χ0) is 9.26. The molecule has 0 aromatic carbocycles. The van der Waals surface area contributed by atoms with Crippen molar-refractivity contribution in [3.63, 3.8) is 0 Å². The van der Waals surface area contributed by atoms with Crippen molar-refractivity contribution in [2.75, 3.05) is 5.32 Å². The summed E-state index contributed by atoms with van der Waals surface area (Å²) in [6.45, 7) is 0. The lowest BCUT2D eigenvalue weighted by molar-refractivity contribution is -0.108. The van der Waals surface area contributed by atoms with Crippen LogP contribution in [0.4, 0.5) is 5.82 Å². The number of nitrogens with two attached hydrogens (primary N) is 1. The summed E-state index contributed by atoms with van der Waals surface area (Å²) >= 11 is 0. The number of aromatic nitrogens is 1. The summed E-state index contributed by atoms with van der Waals surface area (Å²) in [6.07, 6.45) is 3.24. The van der Waals surface area contributed by atoms with Gasteiger partial charge in [-0.2, -0.15) is 0 Å². The van der Waals surface area contributed by atoms with Crippen LogP contribution in [0.2, 0.25) is 0 Å². The second kappa shape index (κ2) is 3.14. The summed E-state index contributed by atoms with van der Waals surface area (Å²) in [5.41, 5.74) is 6.86. The molecule has 2 heterocycles. The largest absolute Gasteiger partial charge is 0.359 e. The van der Waals surface area contributed by atoms with Gasteiger partial charge in [0.2, 0.25) is 0 Å². The molecule has 2 atom stereocenters. The first-order valence-electron chi connectivity index (χ1n) is 4.22. The lowest BCUT2D eigenvalue weighted by Crippen LogP contribution is -2.46. The minimum absolute atomic E-state index is 0.144. The third kappa shape index (κ3) is 1.40. The average Bonchev–Trinajstić information content (AvgIpc) is 2.17. The molecule has 0 saturated heterocycles. The van der Waals surface area contributed by atoms with Crippen LogP contribution in [0.15, 0.2) is 18.3 Å². The van der Waals surface area contributed by atoms with Crippen LogP contribution in [-0.2, 0) is 11.2 Å². The van der Waals surface area contributed by atoms with E-state index in [1.807, 2.05) is 12.1 Å². The molecule has 4 nitrogen and oxygen atoms in total. The molecule has 0 aliphatic carbocycles. The molecular weight excluding hydrogens is 166 g/mol. The summed E-state index contributed by atoms with van der Waals surface area (Å²) in [7, 11) is 0. The van der Waals surface area contributed by atoms with E-state index in [0.29, 0.717) is 6.42 Å². The predicted molar refractivity (Wildman–Crippen MR) is 49.4 cm³/mol. The van der Waals surface area contributed by atoms with Gasteiger partial charge in [0.1, 0.15) is 12.1 Å². The van der Waals surface area contributed by atoms with Crippen LogP contribution >= 0.6 is 0 Å². The molecule has 0 radical (unpaired) electrons. The first kappa shape index (κ1) is 8.19. The maximum atomic E-state index is 10.6. The van der Waals surface area contributed by atoms with E-state index in [9.17, 15) is 4.79 Å². The van der Waals surface area contributed by atoms with Gasteiger partial charge in [0.05, 0.1) is 6.04 Å². The number of aldehydes is 1. The molecule has 0 fully saturated rings. The van der Waals surface area contributed by atoms with E-state index in [2.05, 4.69) is 10.3 Å². The Kier molecular flexibility index (Phi) is 1.98. The van der Waals surface area contributed by atoms with E-state index in [1.54, 1.807) is 6.20 Å². The van der Waals surface area contributed by atoms with E-state index in [1.165, 1.54) is 0 Å². The van der Waals surface area contributed by atoms with Crippen molar-refractivity contribution in [3.05, 3.63) is 23.9 Å². The number of anilines is 1. The number of rotatable bonds is 1. The van der Waals surface area contributed by atoms with Crippen LogP contribution in [0.1, 0.15) is 5.56 Å². The van der Waals surface area contributed by atoms with Crippen molar-refractivity contribution in [3.8, 4) is 0 Å². The van der Waals surface area contributed by atoms with Crippen molar-refractivity contribution in [2.24, 2.45) is 5.73 Å². The summed E-state index contributed by atoms with van der Waals surface area (Å²) in [5, 5.41) is 2.99. The van der Waals surface area contributed by atoms with Crippen LogP contribution in [0.25, 0.3) is 0 Å². The molecule has 13 heavy (non-hydrogen) atoms. The minimum Gasteiger partial charge on any atom is -0.359 e. The maximum Gasteiger partial charge on any atom is 0.143 e. The average molecular weight is 177 g/mol. The smallest absolute Gasteiger partial charge is 0.143 e. The number of nitrogens with one attached hydrogen (secondary N) is 1. The predicted octanol–water partition coefficient (Wildman–Crippen LogP) is -0.0556. The number of hydrogen-bond donors (Lipinski definition) is 2. The summed E-state index contributed by atoms with van der Waals surface area (Å²) in [6, 6.07) is 3.39. The van der Waals surface area contributed by atoms with E-state index in [-0.39, 0.29) is 12.1 Å². The van der Waals surface area contributed by atoms with Crippen LogP contribution in [0, 0.1) is 0 Å². The molecule has 2 rings (SSSR count). The Morgan fingerprint density at radius 2 is 2.54 bits per heavy atom. The van der Waals surface area contributed by atoms with E-state index < -0.39 is 0 Å². The molecule has 4 heteroatoms. The van der Waals surface area contributed by atoms with Crippen LogP contribution in [-0.4, -0.2) is 23.4 Å². The van der Waals surface area contributed by atoms with Gasteiger partial charge < -0.3 is 15.8 Å². The number of hydrogen-bond acceptors (Lipinski definition) is 4. The molecule has 0 spiro atoms. The van der Waals surface area contributed by atoms with Gasteiger partial charge in [-0.15, -0.1) is 0 Å². The molecule has 3 N–H and O–H groups in total. The van der Waals surface area contributed by atoms with Crippen LogP contribution in [0.5, 0.6) is 0 Å². The van der Waals surface area contributed by atoms with Crippen molar-refractivity contribution in [1.82, 2.24) is 4.98 Å². The first-order chi connectivity index (χ1) is 6.31. The second-order valence-electron chi connectivity index (χ2n) is 3.19. The Morgan fingerprint density at radius 1 is 1.69 bits per heavy atom. The van der Waals surface area contributed by atoms with Gasteiger partial charge in [-0.25, -0.2) is 4.98 Å². The maximum absolute atomic E-state index is 10.6. The molecule has 68 valence electrons. The highest BCUT2D eigenvalue weighted by atomic mass is 16.1. The Labute approximate surface area is 76.2 Å². The lowest BCUT2D eigenvalue weighted by atomic mass is 9.97. The van der Waals surface area contributed by atoms with Crippen LogP contribution in [0.3, 0.4) is 0 Å². The first-order valence-corrected chi connectivity index (χ1v) is 4.22. The van der Waals surface area contributed by atoms with Gasteiger partial charge >= 0.3 is 0 Å². The van der Waals surface area contributed by atoms with Crippen molar-refractivity contribution >= 4 is 12.1 Å². The number of carbonyl (C=O) groups is 1. The fourth-order valence-corrected chi connectivity index (χ4v) is 1.51. The van der Waals surface area contributed by atoms with E-state index in [0.717, 1.165) is 17.7 Å². The van der Waals surface area contributed by atoms with Gasteiger partial charge in [-0.3, -0.25) is 0 Å². The highest BCUT2D eigenvalue weighted by Crippen LogP contribution is 2.20. The molecule has 0 amide bonds. The molecule has 1 aliphatic heterocycles. The number of carbonyl (C=O) groups excluding carboxylic acids is 1. The van der Waals surface area contributed by atoms with Crippen molar-refractivity contribution < 1.29 is 4.79 Å². The molecule has 2 unspecified atom stereocenters. The Balaban J connectivity index is 2.32. The third-order valence-electron chi connectivity index (χ3n) is 2.26. The molecule has 1 aliphatic rings. The Bertz CT molecular complexity index is 326. The molecule has 0 bridgehead atoms. The number of nitrogens with zero attached hydrogens (tertiary/aromatic N) is 1. The minimum atomic E-state index is -0.303. The standard InChI is InChI=1S/C9H11N3O/c10-7-4-6-2-1-3-11-9(6)12-8(7)5-13/h1-3,5,7-8H,4,10H2,(H,11,12). The summed E-state index contributed by atoms with van der Waals surface area (Å²) < 4.78 is 0. The van der Waals surface area contributed by atoms with Gasteiger partial charge in [0, 0.05) is 12.2 Å².